The lowest BCUT2D eigenvalue weighted by atomic mass is 9.90. The number of aromatic nitrogens is 1. The maximum absolute atomic E-state index is 11.0. The third-order valence-corrected chi connectivity index (χ3v) is 2.45. The molecular weight excluding hydrogens is 218 g/mol. The van der Waals surface area contributed by atoms with E-state index in [0.29, 0.717) is 5.56 Å². The van der Waals surface area contributed by atoms with Crippen molar-refractivity contribution in [3.8, 4) is 0 Å². The zero-order valence-corrected chi connectivity index (χ0v) is 9.21. The average molecular weight is 230 g/mol. The van der Waals surface area contributed by atoms with Crippen molar-refractivity contribution >= 4 is 17.6 Å². The molecule has 0 saturated heterocycles. The van der Waals surface area contributed by atoms with Crippen LogP contribution in [0.5, 0.6) is 0 Å². The highest BCUT2D eigenvalue weighted by Crippen LogP contribution is 2.24. The highest BCUT2D eigenvalue weighted by Gasteiger charge is 2.24. The second-order valence-electron chi connectivity index (χ2n) is 3.67. The summed E-state index contributed by atoms with van der Waals surface area (Å²) in [6.45, 7) is 3.61. The van der Waals surface area contributed by atoms with E-state index in [9.17, 15) is 9.59 Å². The van der Waals surface area contributed by atoms with Crippen LogP contribution in [0.3, 0.4) is 0 Å². The maximum Gasteiger partial charge on any atom is 0.311 e. The maximum atomic E-state index is 11.0. The first-order chi connectivity index (χ1) is 6.93. The molecule has 0 bridgehead atoms. The molecule has 1 aromatic rings. The molecule has 0 aliphatic rings. The topological polar surface area (TPSA) is 70.2 Å². The number of carbonyl (C=O) groups is 1. The molecule has 0 aromatic carbocycles. The van der Waals surface area contributed by atoms with Crippen molar-refractivity contribution in [1.29, 1.82) is 0 Å². The number of aliphatic carboxylic acids is 1. The Bertz CT molecular complexity index is 425. The van der Waals surface area contributed by atoms with E-state index < -0.39 is 17.4 Å². The highest BCUT2D eigenvalue weighted by atomic mass is 35.5. The molecular formula is C10H12ClNO3. The van der Waals surface area contributed by atoms with E-state index in [-0.39, 0.29) is 10.9 Å². The summed E-state index contributed by atoms with van der Waals surface area (Å²) >= 11 is 5.63. The summed E-state index contributed by atoms with van der Waals surface area (Å²) in [6.07, 6.45) is 1.40. The summed E-state index contributed by atoms with van der Waals surface area (Å²) in [6, 6.07) is 1.40. The lowest BCUT2D eigenvalue weighted by Gasteiger charge is -2.16. The Labute approximate surface area is 91.9 Å². The van der Waals surface area contributed by atoms with Crippen molar-refractivity contribution in [3.63, 3.8) is 0 Å². The SMILES string of the molecule is CC(C)C(C(=O)O)c1c[nH]c(=O)c(Cl)c1. The van der Waals surface area contributed by atoms with Gasteiger partial charge in [-0.3, -0.25) is 9.59 Å². The van der Waals surface area contributed by atoms with E-state index in [4.69, 9.17) is 16.7 Å². The van der Waals surface area contributed by atoms with E-state index in [1.54, 1.807) is 13.8 Å². The van der Waals surface area contributed by atoms with Crippen LogP contribution in [0.1, 0.15) is 25.3 Å². The van der Waals surface area contributed by atoms with Crippen LogP contribution in [-0.4, -0.2) is 16.1 Å². The van der Waals surface area contributed by atoms with E-state index >= 15 is 0 Å². The van der Waals surface area contributed by atoms with Crippen LogP contribution in [0.2, 0.25) is 5.02 Å². The highest BCUT2D eigenvalue weighted by molar-refractivity contribution is 6.30. The Morgan fingerprint density at radius 2 is 2.13 bits per heavy atom. The van der Waals surface area contributed by atoms with Crippen molar-refractivity contribution < 1.29 is 9.90 Å². The predicted molar refractivity (Wildman–Crippen MR) is 57.3 cm³/mol. The fraction of sp³-hybridized carbons (Fsp3) is 0.400. The second kappa shape index (κ2) is 4.49. The first kappa shape index (κ1) is 11.8. The minimum atomic E-state index is -0.923. The number of hydrogen-bond acceptors (Lipinski definition) is 2. The molecule has 2 N–H and O–H groups in total. The third-order valence-electron chi connectivity index (χ3n) is 2.17. The average Bonchev–Trinajstić information content (AvgIpc) is 2.10. The molecule has 0 aliphatic carbocycles. The van der Waals surface area contributed by atoms with Crippen LogP contribution in [0.15, 0.2) is 17.1 Å². The Balaban J connectivity index is 3.18. The van der Waals surface area contributed by atoms with Crippen molar-refractivity contribution in [2.24, 2.45) is 5.92 Å². The van der Waals surface area contributed by atoms with Gasteiger partial charge in [0.25, 0.3) is 5.56 Å². The largest absolute Gasteiger partial charge is 0.481 e. The zero-order valence-electron chi connectivity index (χ0n) is 8.45. The van der Waals surface area contributed by atoms with E-state index in [2.05, 4.69) is 4.98 Å². The van der Waals surface area contributed by atoms with Gasteiger partial charge in [0.1, 0.15) is 5.02 Å². The van der Waals surface area contributed by atoms with Crippen molar-refractivity contribution in [2.75, 3.05) is 0 Å². The van der Waals surface area contributed by atoms with Crippen LogP contribution < -0.4 is 5.56 Å². The predicted octanol–water partition coefficient (Wildman–Crippen LogP) is 1.85. The smallest absolute Gasteiger partial charge is 0.311 e. The summed E-state index contributed by atoms with van der Waals surface area (Å²) < 4.78 is 0. The molecule has 15 heavy (non-hydrogen) atoms. The molecule has 82 valence electrons. The summed E-state index contributed by atoms with van der Waals surface area (Å²) in [5.74, 6) is -1.64. The summed E-state index contributed by atoms with van der Waals surface area (Å²) in [5, 5.41) is 9.04. The van der Waals surface area contributed by atoms with Gasteiger partial charge in [0, 0.05) is 6.20 Å². The van der Waals surface area contributed by atoms with Gasteiger partial charge in [-0.2, -0.15) is 0 Å². The number of halogens is 1. The number of nitrogens with one attached hydrogen (secondary N) is 1. The Kier molecular flexibility index (Phi) is 3.52. The van der Waals surface area contributed by atoms with Crippen LogP contribution in [0, 0.1) is 5.92 Å². The fourth-order valence-electron chi connectivity index (χ4n) is 1.46. The van der Waals surface area contributed by atoms with Gasteiger partial charge in [0.2, 0.25) is 0 Å². The molecule has 1 heterocycles. The van der Waals surface area contributed by atoms with Crippen molar-refractivity contribution in [3.05, 3.63) is 33.2 Å². The Morgan fingerprint density at radius 3 is 2.53 bits per heavy atom. The Hall–Kier alpha value is -1.29. The van der Waals surface area contributed by atoms with Gasteiger partial charge in [0.05, 0.1) is 5.92 Å². The van der Waals surface area contributed by atoms with Crippen molar-refractivity contribution in [2.45, 2.75) is 19.8 Å². The minimum absolute atomic E-state index is 0.0133. The van der Waals surface area contributed by atoms with E-state index in [1.165, 1.54) is 12.3 Å². The molecule has 1 rings (SSSR count). The monoisotopic (exact) mass is 229 g/mol. The number of hydrogen-bond donors (Lipinski definition) is 2. The molecule has 0 amide bonds. The quantitative estimate of drug-likeness (QED) is 0.831. The second-order valence-corrected chi connectivity index (χ2v) is 4.08. The molecule has 5 heteroatoms. The molecule has 0 aliphatic heterocycles. The molecule has 0 radical (unpaired) electrons. The molecule has 1 unspecified atom stereocenters. The lowest BCUT2D eigenvalue weighted by Crippen LogP contribution is -2.19. The van der Waals surface area contributed by atoms with Gasteiger partial charge in [0.15, 0.2) is 0 Å². The number of aromatic amines is 1. The van der Waals surface area contributed by atoms with Crippen molar-refractivity contribution in [1.82, 2.24) is 4.98 Å². The molecule has 1 atom stereocenters. The zero-order chi connectivity index (χ0) is 11.6. The van der Waals surface area contributed by atoms with Gasteiger partial charge >= 0.3 is 5.97 Å². The molecule has 0 spiro atoms. The summed E-state index contributed by atoms with van der Waals surface area (Å²) in [7, 11) is 0. The number of rotatable bonds is 3. The standard InChI is InChI=1S/C10H12ClNO3/c1-5(2)8(10(14)15)6-3-7(11)9(13)12-4-6/h3-5,8H,1-2H3,(H,12,13)(H,14,15). The number of carboxylic acids is 1. The minimum Gasteiger partial charge on any atom is -0.481 e. The number of H-pyrrole nitrogens is 1. The van der Waals surface area contributed by atoms with Gasteiger partial charge in [-0.15, -0.1) is 0 Å². The normalized spacial score (nSPS) is 12.8. The fourth-order valence-corrected chi connectivity index (χ4v) is 1.64. The number of carboxylic acid groups (broad SMARTS) is 1. The Morgan fingerprint density at radius 1 is 1.53 bits per heavy atom. The molecule has 0 saturated carbocycles. The van der Waals surface area contributed by atoms with E-state index in [1.807, 2.05) is 0 Å². The van der Waals surface area contributed by atoms with Gasteiger partial charge in [-0.1, -0.05) is 25.4 Å². The van der Waals surface area contributed by atoms with Gasteiger partial charge in [-0.05, 0) is 17.5 Å². The lowest BCUT2D eigenvalue weighted by molar-refractivity contribution is -0.139. The van der Waals surface area contributed by atoms with Crippen LogP contribution in [0.25, 0.3) is 0 Å². The first-order valence-electron chi connectivity index (χ1n) is 4.54. The van der Waals surface area contributed by atoms with Gasteiger partial charge < -0.3 is 10.1 Å². The van der Waals surface area contributed by atoms with E-state index in [0.717, 1.165) is 0 Å². The molecule has 0 fully saturated rings. The number of pyridine rings is 1. The summed E-state index contributed by atoms with van der Waals surface area (Å²) in [4.78, 5) is 24.4. The molecule has 4 nitrogen and oxygen atoms in total. The third kappa shape index (κ3) is 2.59. The van der Waals surface area contributed by atoms with Crippen LogP contribution in [-0.2, 0) is 4.79 Å². The van der Waals surface area contributed by atoms with Crippen LogP contribution >= 0.6 is 11.6 Å². The summed E-state index contributed by atoms with van der Waals surface area (Å²) in [5.41, 5.74) is 0.107. The van der Waals surface area contributed by atoms with Gasteiger partial charge in [-0.25, -0.2) is 0 Å². The molecule has 1 aromatic heterocycles. The van der Waals surface area contributed by atoms with Crippen LogP contribution in [0.4, 0.5) is 0 Å². The first-order valence-corrected chi connectivity index (χ1v) is 4.92.